The number of nitro groups is 1. The largest absolute Gasteiger partial charge is 0.325 e. The van der Waals surface area contributed by atoms with Crippen LogP contribution in [0.4, 0.5) is 11.4 Å². The number of thioether (sulfide) groups is 1. The molecular weight excluding hydrogens is 390 g/mol. The van der Waals surface area contributed by atoms with Gasteiger partial charge in [-0.3, -0.25) is 19.5 Å². The summed E-state index contributed by atoms with van der Waals surface area (Å²) >= 11 is 1.30. The second-order valence-corrected chi connectivity index (χ2v) is 7.77. The van der Waals surface area contributed by atoms with E-state index in [-0.39, 0.29) is 17.3 Å². The summed E-state index contributed by atoms with van der Waals surface area (Å²) in [6, 6.07) is 14.5. The fraction of sp³-hybridized carbons (Fsp3) is 0.250. The van der Waals surface area contributed by atoms with Crippen LogP contribution in [-0.4, -0.2) is 31.3 Å². The van der Waals surface area contributed by atoms with E-state index in [0.717, 1.165) is 24.4 Å². The number of nitro benzene ring substituents is 1. The summed E-state index contributed by atoms with van der Waals surface area (Å²) < 4.78 is 2.01. The highest BCUT2D eigenvalue weighted by atomic mass is 32.2. The predicted octanol–water partition coefficient (Wildman–Crippen LogP) is 4.09. The van der Waals surface area contributed by atoms with Crippen LogP contribution in [0, 0.1) is 17.0 Å². The van der Waals surface area contributed by atoms with E-state index in [9.17, 15) is 14.9 Å². The summed E-state index contributed by atoms with van der Waals surface area (Å²) in [5, 5.41) is 23.1. The van der Waals surface area contributed by atoms with Gasteiger partial charge in [-0.1, -0.05) is 36.0 Å². The zero-order chi connectivity index (χ0) is 20.4. The molecule has 0 saturated heterocycles. The Kier molecular flexibility index (Phi) is 5.30. The first-order valence-electron chi connectivity index (χ1n) is 9.22. The summed E-state index contributed by atoms with van der Waals surface area (Å²) in [7, 11) is 0. The Morgan fingerprint density at radius 2 is 1.97 bits per heavy atom. The number of rotatable bonds is 7. The molecule has 0 unspecified atom stereocenters. The van der Waals surface area contributed by atoms with E-state index >= 15 is 0 Å². The van der Waals surface area contributed by atoms with Gasteiger partial charge in [0.25, 0.3) is 5.69 Å². The van der Waals surface area contributed by atoms with Gasteiger partial charge in [0.1, 0.15) is 5.82 Å². The average molecular weight is 409 g/mol. The second-order valence-electron chi connectivity index (χ2n) is 6.83. The number of carbonyl (C=O) groups excluding carboxylic acids is 1. The standard InChI is InChI=1S/C20H19N5O3S/c1-13-16(8-5-9-17(13)25(27)28)21-18(26)12-29-20-23-22-19(14-10-11-14)24(20)15-6-3-2-4-7-15/h2-9,14H,10-12H2,1H3,(H,21,26). The van der Waals surface area contributed by atoms with Gasteiger partial charge in [0.2, 0.25) is 5.91 Å². The van der Waals surface area contributed by atoms with Crippen molar-refractivity contribution in [2.75, 3.05) is 11.1 Å². The van der Waals surface area contributed by atoms with Crippen LogP contribution in [0.3, 0.4) is 0 Å². The molecule has 9 heteroatoms. The Labute approximate surface area is 171 Å². The first-order valence-corrected chi connectivity index (χ1v) is 10.2. The molecule has 0 spiro atoms. The number of aromatic nitrogens is 3. The average Bonchev–Trinajstić information content (AvgIpc) is 3.47. The number of anilines is 1. The molecule has 4 rings (SSSR count). The Bertz CT molecular complexity index is 1060. The minimum absolute atomic E-state index is 0.0200. The highest BCUT2D eigenvalue weighted by molar-refractivity contribution is 7.99. The Hall–Kier alpha value is -3.20. The summed E-state index contributed by atoms with van der Waals surface area (Å²) in [4.78, 5) is 23.1. The molecule has 29 heavy (non-hydrogen) atoms. The lowest BCUT2D eigenvalue weighted by Crippen LogP contribution is -2.15. The maximum Gasteiger partial charge on any atom is 0.274 e. The first kappa shape index (κ1) is 19.1. The third-order valence-electron chi connectivity index (χ3n) is 4.72. The molecule has 148 valence electrons. The Balaban J connectivity index is 1.49. The van der Waals surface area contributed by atoms with Crippen molar-refractivity contribution >= 4 is 29.0 Å². The molecule has 0 atom stereocenters. The van der Waals surface area contributed by atoms with Crippen LogP contribution in [0.5, 0.6) is 0 Å². The molecule has 3 aromatic rings. The van der Waals surface area contributed by atoms with Crippen LogP contribution in [0.2, 0.25) is 0 Å². The van der Waals surface area contributed by atoms with Gasteiger partial charge in [-0.05, 0) is 38.0 Å². The Morgan fingerprint density at radius 1 is 1.21 bits per heavy atom. The highest BCUT2D eigenvalue weighted by Gasteiger charge is 2.31. The van der Waals surface area contributed by atoms with E-state index in [0.29, 0.717) is 22.3 Å². The molecule has 1 amide bonds. The normalized spacial score (nSPS) is 13.3. The van der Waals surface area contributed by atoms with Crippen LogP contribution >= 0.6 is 11.8 Å². The van der Waals surface area contributed by atoms with Crippen LogP contribution in [0.15, 0.2) is 53.7 Å². The third kappa shape index (κ3) is 4.14. The molecule has 1 heterocycles. The van der Waals surface area contributed by atoms with Crippen molar-refractivity contribution in [1.82, 2.24) is 14.8 Å². The number of carbonyl (C=O) groups is 1. The molecule has 1 aromatic heterocycles. The van der Waals surface area contributed by atoms with E-state index in [4.69, 9.17) is 0 Å². The van der Waals surface area contributed by atoms with Gasteiger partial charge in [0.15, 0.2) is 5.16 Å². The van der Waals surface area contributed by atoms with Crippen LogP contribution in [0.1, 0.15) is 30.1 Å². The van der Waals surface area contributed by atoms with Crippen molar-refractivity contribution in [2.24, 2.45) is 0 Å². The van der Waals surface area contributed by atoms with E-state index in [2.05, 4.69) is 15.5 Å². The molecule has 1 saturated carbocycles. The number of hydrogen-bond acceptors (Lipinski definition) is 6. The predicted molar refractivity (Wildman–Crippen MR) is 111 cm³/mol. The fourth-order valence-corrected chi connectivity index (χ4v) is 3.83. The molecule has 1 fully saturated rings. The van der Waals surface area contributed by atoms with Crippen molar-refractivity contribution in [2.45, 2.75) is 30.8 Å². The molecule has 8 nitrogen and oxygen atoms in total. The highest BCUT2D eigenvalue weighted by Crippen LogP contribution is 2.41. The minimum atomic E-state index is -0.457. The van der Waals surface area contributed by atoms with Crippen molar-refractivity contribution in [3.8, 4) is 5.69 Å². The fourth-order valence-electron chi connectivity index (χ4n) is 3.07. The maximum absolute atomic E-state index is 12.5. The van der Waals surface area contributed by atoms with E-state index < -0.39 is 4.92 Å². The topological polar surface area (TPSA) is 103 Å². The molecule has 2 aromatic carbocycles. The number of para-hydroxylation sites is 1. The number of nitrogens with zero attached hydrogens (tertiary/aromatic N) is 4. The van der Waals surface area contributed by atoms with Gasteiger partial charge < -0.3 is 5.32 Å². The molecule has 0 radical (unpaired) electrons. The molecule has 1 aliphatic rings. The van der Waals surface area contributed by atoms with Gasteiger partial charge >= 0.3 is 0 Å². The maximum atomic E-state index is 12.5. The van der Waals surface area contributed by atoms with Crippen LogP contribution < -0.4 is 5.32 Å². The summed E-state index contributed by atoms with van der Waals surface area (Å²) in [5.74, 6) is 1.21. The second kappa shape index (κ2) is 8.04. The van der Waals surface area contributed by atoms with Gasteiger partial charge in [0, 0.05) is 17.7 Å². The Morgan fingerprint density at radius 3 is 2.66 bits per heavy atom. The molecule has 0 bridgehead atoms. The van der Waals surface area contributed by atoms with Crippen molar-refractivity contribution in [3.63, 3.8) is 0 Å². The molecule has 1 N–H and O–H groups in total. The number of hydrogen-bond donors (Lipinski definition) is 1. The lowest BCUT2D eigenvalue weighted by molar-refractivity contribution is -0.385. The quantitative estimate of drug-likeness (QED) is 0.358. The SMILES string of the molecule is Cc1c(NC(=O)CSc2nnc(C3CC3)n2-c2ccccc2)cccc1[N+](=O)[O-]. The van der Waals surface area contributed by atoms with Crippen molar-refractivity contribution in [3.05, 3.63) is 70.0 Å². The summed E-state index contributed by atoms with van der Waals surface area (Å²) in [6.45, 7) is 1.62. The number of nitrogens with one attached hydrogen (secondary N) is 1. The van der Waals surface area contributed by atoms with E-state index in [1.807, 2.05) is 34.9 Å². The minimum Gasteiger partial charge on any atom is -0.325 e. The summed E-state index contributed by atoms with van der Waals surface area (Å²) in [5.41, 5.74) is 1.82. The smallest absolute Gasteiger partial charge is 0.274 e. The first-order chi connectivity index (χ1) is 14.0. The van der Waals surface area contributed by atoms with Crippen LogP contribution in [-0.2, 0) is 4.79 Å². The van der Waals surface area contributed by atoms with Gasteiger partial charge in [-0.15, -0.1) is 10.2 Å². The summed E-state index contributed by atoms with van der Waals surface area (Å²) in [6.07, 6.45) is 2.20. The van der Waals surface area contributed by atoms with Gasteiger partial charge in [0.05, 0.1) is 21.9 Å². The van der Waals surface area contributed by atoms with Crippen molar-refractivity contribution in [1.29, 1.82) is 0 Å². The molecule has 1 aliphatic carbocycles. The lowest BCUT2D eigenvalue weighted by Gasteiger charge is -2.10. The van der Waals surface area contributed by atoms with E-state index in [1.165, 1.54) is 17.8 Å². The lowest BCUT2D eigenvalue weighted by atomic mass is 10.1. The molecular formula is C20H19N5O3S. The zero-order valence-corrected chi connectivity index (χ0v) is 16.6. The van der Waals surface area contributed by atoms with Crippen molar-refractivity contribution < 1.29 is 9.72 Å². The number of benzene rings is 2. The third-order valence-corrected chi connectivity index (χ3v) is 5.65. The number of amides is 1. The van der Waals surface area contributed by atoms with E-state index in [1.54, 1.807) is 19.1 Å². The zero-order valence-electron chi connectivity index (χ0n) is 15.7. The molecule has 0 aliphatic heterocycles. The van der Waals surface area contributed by atoms with Crippen LogP contribution in [0.25, 0.3) is 5.69 Å². The monoisotopic (exact) mass is 409 g/mol. The van der Waals surface area contributed by atoms with Gasteiger partial charge in [-0.2, -0.15) is 0 Å². The van der Waals surface area contributed by atoms with Gasteiger partial charge in [-0.25, -0.2) is 0 Å².